The van der Waals surface area contributed by atoms with E-state index in [1.165, 1.54) is 29.2 Å². The van der Waals surface area contributed by atoms with Gasteiger partial charge in [-0.2, -0.15) is 11.8 Å². The predicted octanol–water partition coefficient (Wildman–Crippen LogP) is -0.793. The standard InChI is InChI=1S/C22H37N7O5S/c1-35-10-7-16(19(30)28-17(22(33)34)11-14-12-25-13-26-14)27-20(31)18-6-4-9-29(18)21(32)15(24)5-2-3-8-23/h12-13,15-18H,2-11,23-24H2,1H3,(H,25,26)(H,27,31)(H,28,30)(H,33,34). The number of aliphatic carboxylic acids is 1. The zero-order valence-electron chi connectivity index (χ0n) is 20.1. The summed E-state index contributed by atoms with van der Waals surface area (Å²) in [4.78, 5) is 58.8. The first-order chi connectivity index (χ1) is 16.8. The molecule has 0 bridgehead atoms. The van der Waals surface area contributed by atoms with Gasteiger partial charge in [-0.05, 0) is 50.7 Å². The molecule has 0 saturated carbocycles. The summed E-state index contributed by atoms with van der Waals surface area (Å²) in [6.07, 6.45) is 8.26. The average Bonchev–Trinajstić information content (AvgIpc) is 3.52. The van der Waals surface area contributed by atoms with Crippen LogP contribution >= 0.6 is 11.8 Å². The van der Waals surface area contributed by atoms with Crippen molar-refractivity contribution in [1.29, 1.82) is 0 Å². The summed E-state index contributed by atoms with van der Waals surface area (Å²) in [5.74, 6) is -1.93. The predicted molar refractivity (Wildman–Crippen MR) is 132 cm³/mol. The van der Waals surface area contributed by atoms with E-state index in [9.17, 15) is 24.3 Å². The van der Waals surface area contributed by atoms with Gasteiger partial charge in [-0.25, -0.2) is 9.78 Å². The number of nitrogens with one attached hydrogen (secondary N) is 3. The summed E-state index contributed by atoms with van der Waals surface area (Å²) in [5.41, 5.74) is 12.1. The van der Waals surface area contributed by atoms with Crippen molar-refractivity contribution in [2.75, 3.05) is 25.1 Å². The Labute approximate surface area is 209 Å². The molecule has 3 amide bonds. The van der Waals surface area contributed by atoms with E-state index in [1.54, 1.807) is 0 Å². The van der Waals surface area contributed by atoms with E-state index in [0.29, 0.717) is 50.2 Å². The number of carbonyl (C=O) groups is 4. The molecule has 1 aromatic heterocycles. The number of H-pyrrole nitrogens is 1. The zero-order chi connectivity index (χ0) is 25.8. The number of hydrogen-bond acceptors (Lipinski definition) is 8. The van der Waals surface area contributed by atoms with E-state index in [0.717, 1.165) is 12.8 Å². The quantitative estimate of drug-likeness (QED) is 0.163. The van der Waals surface area contributed by atoms with Gasteiger partial charge in [-0.15, -0.1) is 0 Å². The van der Waals surface area contributed by atoms with Crippen molar-refractivity contribution in [3.05, 3.63) is 18.2 Å². The van der Waals surface area contributed by atoms with Crippen LogP contribution in [0.1, 0.15) is 44.2 Å². The van der Waals surface area contributed by atoms with Crippen LogP contribution in [0, 0.1) is 0 Å². The van der Waals surface area contributed by atoms with Gasteiger partial charge >= 0.3 is 5.97 Å². The molecule has 8 N–H and O–H groups in total. The summed E-state index contributed by atoms with van der Waals surface area (Å²) in [6, 6.07) is -3.54. The monoisotopic (exact) mass is 511 g/mol. The fourth-order valence-electron chi connectivity index (χ4n) is 4.01. The highest BCUT2D eigenvalue weighted by atomic mass is 32.2. The lowest BCUT2D eigenvalue weighted by Crippen LogP contribution is -2.57. The van der Waals surface area contributed by atoms with Crippen molar-refractivity contribution in [3.63, 3.8) is 0 Å². The molecule has 196 valence electrons. The lowest BCUT2D eigenvalue weighted by molar-refractivity contribution is -0.143. The minimum absolute atomic E-state index is 0.0250. The smallest absolute Gasteiger partial charge is 0.326 e. The highest BCUT2D eigenvalue weighted by Crippen LogP contribution is 2.20. The number of hydrogen-bond donors (Lipinski definition) is 6. The number of nitrogens with zero attached hydrogens (tertiary/aromatic N) is 2. The maximum atomic E-state index is 13.1. The van der Waals surface area contributed by atoms with E-state index < -0.39 is 42.0 Å². The molecule has 0 radical (unpaired) electrons. The zero-order valence-corrected chi connectivity index (χ0v) is 20.9. The van der Waals surface area contributed by atoms with E-state index in [4.69, 9.17) is 11.5 Å². The fraction of sp³-hybridized carbons (Fsp3) is 0.682. The van der Waals surface area contributed by atoms with Gasteiger partial charge in [0, 0.05) is 24.9 Å². The molecule has 1 aromatic rings. The number of thioether (sulfide) groups is 1. The van der Waals surface area contributed by atoms with Crippen LogP contribution in [0.3, 0.4) is 0 Å². The molecule has 12 nitrogen and oxygen atoms in total. The van der Waals surface area contributed by atoms with Crippen molar-refractivity contribution >= 4 is 35.5 Å². The van der Waals surface area contributed by atoms with Gasteiger partial charge in [0.2, 0.25) is 17.7 Å². The number of aromatic nitrogens is 2. The summed E-state index contributed by atoms with van der Waals surface area (Å²) < 4.78 is 0. The Hall–Kier alpha value is -2.64. The molecule has 4 atom stereocenters. The molecule has 4 unspecified atom stereocenters. The Kier molecular flexibility index (Phi) is 12.0. The van der Waals surface area contributed by atoms with Gasteiger partial charge < -0.3 is 37.1 Å². The molecule has 13 heteroatoms. The van der Waals surface area contributed by atoms with Crippen LogP contribution in [-0.2, 0) is 25.6 Å². The lowest BCUT2D eigenvalue weighted by Gasteiger charge is -2.28. The Bertz CT molecular complexity index is 838. The molecule has 35 heavy (non-hydrogen) atoms. The third-order valence-electron chi connectivity index (χ3n) is 5.96. The number of aromatic amines is 1. The Balaban J connectivity index is 2.04. The molecule has 0 spiro atoms. The Morgan fingerprint density at radius 3 is 2.66 bits per heavy atom. The van der Waals surface area contributed by atoms with E-state index in [-0.39, 0.29) is 12.3 Å². The minimum Gasteiger partial charge on any atom is -0.480 e. The van der Waals surface area contributed by atoms with Gasteiger partial charge in [-0.3, -0.25) is 14.4 Å². The van der Waals surface area contributed by atoms with E-state index in [1.807, 2.05) is 6.26 Å². The number of unbranched alkanes of at least 4 members (excludes halogenated alkanes) is 1. The van der Waals surface area contributed by atoms with Gasteiger partial charge in [0.25, 0.3) is 0 Å². The molecule has 2 heterocycles. The summed E-state index contributed by atoms with van der Waals surface area (Å²) in [5, 5.41) is 14.8. The molecule has 1 fully saturated rings. The Morgan fingerprint density at radius 2 is 2.03 bits per heavy atom. The van der Waals surface area contributed by atoms with Crippen LogP contribution in [0.2, 0.25) is 0 Å². The number of imidazole rings is 1. The molecule has 0 aliphatic carbocycles. The first-order valence-electron chi connectivity index (χ1n) is 11.8. The van der Waals surface area contributed by atoms with Crippen LogP contribution in [0.15, 0.2) is 12.5 Å². The topological polar surface area (TPSA) is 197 Å². The van der Waals surface area contributed by atoms with Crippen LogP contribution < -0.4 is 22.1 Å². The number of amides is 3. The number of likely N-dealkylation sites (tertiary alicyclic amines) is 1. The van der Waals surface area contributed by atoms with Crippen LogP contribution in [0.5, 0.6) is 0 Å². The molecular weight excluding hydrogens is 474 g/mol. The van der Waals surface area contributed by atoms with Crippen molar-refractivity contribution < 1.29 is 24.3 Å². The SMILES string of the molecule is CSCCC(NC(=O)C1CCCN1C(=O)C(N)CCCCN)C(=O)NC(Cc1cnc[nH]1)C(=O)O. The highest BCUT2D eigenvalue weighted by Gasteiger charge is 2.37. The van der Waals surface area contributed by atoms with Crippen molar-refractivity contribution in [2.24, 2.45) is 11.5 Å². The van der Waals surface area contributed by atoms with Crippen molar-refractivity contribution in [1.82, 2.24) is 25.5 Å². The third kappa shape index (κ3) is 8.82. The van der Waals surface area contributed by atoms with Crippen molar-refractivity contribution in [3.8, 4) is 0 Å². The molecule has 0 aromatic carbocycles. The molecule has 1 saturated heterocycles. The largest absolute Gasteiger partial charge is 0.480 e. The van der Waals surface area contributed by atoms with E-state index in [2.05, 4.69) is 20.6 Å². The lowest BCUT2D eigenvalue weighted by atomic mass is 10.1. The number of carboxylic acids is 1. The van der Waals surface area contributed by atoms with Crippen LogP contribution in [0.4, 0.5) is 0 Å². The normalized spacial score (nSPS) is 18.0. The Morgan fingerprint density at radius 1 is 1.26 bits per heavy atom. The summed E-state index contributed by atoms with van der Waals surface area (Å²) in [6.45, 7) is 0.953. The van der Waals surface area contributed by atoms with Crippen molar-refractivity contribution in [2.45, 2.75) is 69.1 Å². The second-order valence-electron chi connectivity index (χ2n) is 8.60. The number of carboxylic acid groups (broad SMARTS) is 1. The maximum Gasteiger partial charge on any atom is 0.326 e. The highest BCUT2D eigenvalue weighted by molar-refractivity contribution is 7.98. The minimum atomic E-state index is -1.20. The molecule has 1 aliphatic heterocycles. The number of nitrogens with two attached hydrogens (primary N) is 2. The second-order valence-corrected chi connectivity index (χ2v) is 9.59. The average molecular weight is 512 g/mol. The van der Waals surface area contributed by atoms with Gasteiger partial charge in [0.15, 0.2) is 0 Å². The van der Waals surface area contributed by atoms with Crippen LogP contribution in [0.25, 0.3) is 0 Å². The first-order valence-corrected chi connectivity index (χ1v) is 13.2. The molecule has 1 aliphatic rings. The van der Waals surface area contributed by atoms with Gasteiger partial charge in [0.1, 0.15) is 18.1 Å². The fourth-order valence-corrected chi connectivity index (χ4v) is 4.48. The number of rotatable bonds is 15. The summed E-state index contributed by atoms with van der Waals surface area (Å²) >= 11 is 1.50. The van der Waals surface area contributed by atoms with Gasteiger partial charge in [-0.1, -0.05) is 6.42 Å². The third-order valence-corrected chi connectivity index (χ3v) is 6.61. The molecular formula is C22H37N7O5S. The second kappa shape index (κ2) is 14.7. The number of carbonyl (C=O) groups excluding carboxylic acids is 3. The maximum absolute atomic E-state index is 13.1. The van der Waals surface area contributed by atoms with Gasteiger partial charge in [0.05, 0.1) is 12.4 Å². The summed E-state index contributed by atoms with van der Waals surface area (Å²) in [7, 11) is 0. The first kappa shape index (κ1) is 28.6. The van der Waals surface area contributed by atoms with E-state index >= 15 is 0 Å². The van der Waals surface area contributed by atoms with Crippen LogP contribution in [-0.4, -0.2) is 92.9 Å². The molecule has 2 rings (SSSR count).